The minimum absolute atomic E-state index is 0. The van der Waals surface area contributed by atoms with E-state index in [2.05, 4.69) is 15.4 Å². The van der Waals surface area contributed by atoms with E-state index in [0.29, 0.717) is 38.5 Å². The van der Waals surface area contributed by atoms with Gasteiger partial charge in [-0.1, -0.05) is 84.5 Å². The molecule has 80 heavy (non-hydrogen) atoms. The molecule has 0 bridgehead atoms. The molecule has 0 aromatic heterocycles. The van der Waals surface area contributed by atoms with Gasteiger partial charge in [-0.15, -0.1) is 0 Å². The lowest BCUT2D eigenvalue weighted by Gasteiger charge is -2.37. The van der Waals surface area contributed by atoms with Crippen molar-refractivity contribution >= 4 is 47.5 Å². The number of nitrogens with one attached hydrogen (secondary N) is 2. The van der Waals surface area contributed by atoms with Crippen LogP contribution in [0.2, 0.25) is 0 Å². The van der Waals surface area contributed by atoms with Crippen molar-refractivity contribution in [2.24, 2.45) is 21.7 Å². The molecular formula is C61H116N6O13. The number of nitrogens with zero attached hydrogens (tertiary/aromatic N) is 4. The first-order valence-electron chi connectivity index (χ1n) is 29.6. The van der Waals surface area contributed by atoms with Gasteiger partial charge in [-0.05, 0) is 127 Å². The molecule has 1 spiro atoms. The second-order valence-electron chi connectivity index (χ2n) is 24.1. The summed E-state index contributed by atoms with van der Waals surface area (Å²) in [6.45, 7) is 4.00. The van der Waals surface area contributed by atoms with Crippen LogP contribution >= 0.6 is 0 Å². The van der Waals surface area contributed by atoms with E-state index in [1.54, 1.807) is 76.0 Å². The highest BCUT2D eigenvalue weighted by atomic mass is 16.6. The second kappa shape index (κ2) is 43.5. The van der Waals surface area contributed by atoms with Crippen LogP contribution in [-0.2, 0) is 52.6 Å². The molecule has 7 aliphatic rings. The number of aliphatic carboxylic acids is 2. The first kappa shape index (κ1) is 77.9. The molecular weight excluding hydrogens is 1020 g/mol. The highest BCUT2D eigenvalue weighted by Crippen LogP contribution is 2.46. The number of esters is 2. The van der Waals surface area contributed by atoms with Crippen molar-refractivity contribution in [1.82, 2.24) is 30.2 Å². The summed E-state index contributed by atoms with van der Waals surface area (Å²) in [4.78, 5) is 97.8. The van der Waals surface area contributed by atoms with E-state index in [0.717, 1.165) is 142 Å². The fourth-order valence-corrected chi connectivity index (χ4v) is 11.3. The first-order valence-corrected chi connectivity index (χ1v) is 29.6. The molecule has 4 amide bonds. The second-order valence-corrected chi connectivity index (χ2v) is 24.1. The van der Waals surface area contributed by atoms with E-state index in [1.807, 2.05) is 28.2 Å². The van der Waals surface area contributed by atoms with Crippen molar-refractivity contribution in [1.29, 1.82) is 0 Å². The summed E-state index contributed by atoms with van der Waals surface area (Å²) in [5.74, 6) is -1.84. The SMILES string of the molecule is C.C1CCOC1.C1CCOC1.CN(C)C(=O)CC1(CC(=O)N(C)C)CCCCC1.CN(C)C(=O)CC1(CC(=O)O)CCCCC1.CN(C)C(=O)CC1(CC(=O)O)CCCCC1.CNC.CNC.O=C1CC2(CCCCC2)CC(=O)O1. The Morgan fingerprint density at radius 3 is 0.787 bits per heavy atom. The van der Waals surface area contributed by atoms with E-state index in [4.69, 9.17) is 19.7 Å². The summed E-state index contributed by atoms with van der Waals surface area (Å²) in [6, 6.07) is 0. The van der Waals surface area contributed by atoms with Crippen molar-refractivity contribution in [3.8, 4) is 0 Å². The highest BCUT2D eigenvalue weighted by molar-refractivity contribution is 5.89. The molecule has 7 fully saturated rings. The Hall–Kier alpha value is -4.20. The fourth-order valence-electron chi connectivity index (χ4n) is 11.3. The van der Waals surface area contributed by atoms with Crippen molar-refractivity contribution in [3.63, 3.8) is 0 Å². The van der Waals surface area contributed by atoms with Crippen molar-refractivity contribution < 1.29 is 62.8 Å². The van der Waals surface area contributed by atoms with Gasteiger partial charge in [-0.2, -0.15) is 0 Å². The van der Waals surface area contributed by atoms with Crippen molar-refractivity contribution in [2.75, 3.05) is 111 Å². The van der Waals surface area contributed by atoms with Crippen LogP contribution in [-0.4, -0.2) is 188 Å². The Labute approximate surface area is 484 Å². The number of cyclic esters (lactones) is 2. The van der Waals surface area contributed by atoms with Crippen LogP contribution in [0.25, 0.3) is 0 Å². The number of carboxylic acid groups (broad SMARTS) is 2. The molecule has 0 unspecified atom stereocenters. The number of carboxylic acids is 2. The predicted molar refractivity (Wildman–Crippen MR) is 317 cm³/mol. The van der Waals surface area contributed by atoms with Gasteiger partial charge in [0.15, 0.2) is 0 Å². The molecule has 3 saturated heterocycles. The summed E-state index contributed by atoms with van der Waals surface area (Å²) in [5, 5.41) is 23.4. The van der Waals surface area contributed by atoms with Crippen LogP contribution < -0.4 is 10.6 Å². The van der Waals surface area contributed by atoms with E-state index < -0.39 is 11.9 Å². The normalized spacial score (nSPS) is 19.6. The van der Waals surface area contributed by atoms with Gasteiger partial charge in [-0.3, -0.25) is 38.4 Å². The number of amides is 4. The summed E-state index contributed by atoms with van der Waals surface area (Å²) < 4.78 is 14.4. The molecule has 19 nitrogen and oxygen atoms in total. The number of carbonyl (C=O) groups is 8. The quantitative estimate of drug-likeness (QED) is 0.105. The number of hydrogen-bond acceptors (Lipinski definition) is 13. The molecule has 4 N–H and O–H groups in total. The molecule has 7 rings (SSSR count). The maximum atomic E-state index is 12.0. The Kier molecular flexibility index (Phi) is 42.3. The topological polar surface area (TPSA) is 242 Å². The van der Waals surface area contributed by atoms with E-state index >= 15 is 0 Å². The smallest absolute Gasteiger partial charge is 0.314 e. The zero-order valence-electron chi connectivity index (χ0n) is 51.6. The van der Waals surface area contributed by atoms with Gasteiger partial charge >= 0.3 is 23.9 Å². The average molecular weight is 1140 g/mol. The van der Waals surface area contributed by atoms with E-state index in [1.165, 1.54) is 38.5 Å². The van der Waals surface area contributed by atoms with Crippen LogP contribution in [0.3, 0.4) is 0 Å². The van der Waals surface area contributed by atoms with Gasteiger partial charge in [-0.25, -0.2) is 0 Å². The third kappa shape index (κ3) is 34.9. The van der Waals surface area contributed by atoms with Gasteiger partial charge < -0.3 is 54.7 Å². The molecule has 4 aliphatic carbocycles. The van der Waals surface area contributed by atoms with Crippen LogP contribution in [0.15, 0.2) is 0 Å². The zero-order valence-corrected chi connectivity index (χ0v) is 51.6. The Balaban J connectivity index is 0. The zero-order chi connectivity index (χ0) is 59.9. The van der Waals surface area contributed by atoms with Gasteiger partial charge in [0.25, 0.3) is 0 Å². The third-order valence-corrected chi connectivity index (χ3v) is 15.7. The average Bonchev–Trinajstić information content (AvgIpc) is 4.17. The van der Waals surface area contributed by atoms with Crippen LogP contribution in [0, 0.1) is 21.7 Å². The first-order chi connectivity index (χ1) is 37.3. The largest absolute Gasteiger partial charge is 0.481 e. The minimum atomic E-state index is -0.784. The molecule has 0 atom stereocenters. The van der Waals surface area contributed by atoms with Crippen LogP contribution in [0.1, 0.15) is 213 Å². The molecule has 0 aromatic carbocycles. The number of ether oxygens (including phenoxy) is 3. The molecule has 0 radical (unpaired) electrons. The maximum Gasteiger partial charge on any atom is 0.314 e. The Morgan fingerprint density at radius 2 is 0.600 bits per heavy atom. The predicted octanol–water partition coefficient (Wildman–Crippen LogP) is 9.37. The number of carbonyl (C=O) groups excluding carboxylic acids is 6. The van der Waals surface area contributed by atoms with E-state index in [-0.39, 0.29) is 77.5 Å². The summed E-state index contributed by atoms with van der Waals surface area (Å²) >= 11 is 0. The molecule has 19 heteroatoms. The molecule has 4 saturated carbocycles. The van der Waals surface area contributed by atoms with Gasteiger partial charge in [0.2, 0.25) is 23.6 Å². The lowest BCUT2D eigenvalue weighted by atomic mass is 9.69. The fraction of sp³-hybridized carbons (Fsp3) is 0.869. The van der Waals surface area contributed by atoms with Gasteiger partial charge in [0.1, 0.15) is 0 Å². The standard InChI is InChI=1S/C14H26N2O2.2C12H21NO3.C10H14O3.2C4H8O.2C2H7N.CH4/c1-15(2)12(17)10-14(8-6-5-7-9-14)11-13(18)16(3)4;2*1-13(2)10(14)8-12(9-11(15)16)6-4-3-5-7-12;11-8-6-10(7-9(12)13-8)4-2-1-3-5-10;2*1-2-4-5-3-1;2*1-3-2;/h5-11H2,1-4H3;2*3-9H2,1-2H3,(H,15,16);1-7H2;2*1-4H2;2*3H,1-2H3;1H4. The summed E-state index contributed by atoms with van der Waals surface area (Å²) in [7, 11) is 21.5. The Bertz CT molecular complexity index is 1620. The van der Waals surface area contributed by atoms with Gasteiger partial charge in [0, 0.05) is 108 Å². The number of hydrogen-bond donors (Lipinski definition) is 4. The lowest BCUT2D eigenvalue weighted by Crippen LogP contribution is -2.37. The number of rotatable bonds is 12. The van der Waals surface area contributed by atoms with E-state index in [9.17, 15) is 38.4 Å². The van der Waals surface area contributed by atoms with Crippen molar-refractivity contribution in [2.45, 2.75) is 213 Å². The van der Waals surface area contributed by atoms with Crippen molar-refractivity contribution in [3.05, 3.63) is 0 Å². The lowest BCUT2D eigenvalue weighted by molar-refractivity contribution is -0.170. The molecule has 0 aromatic rings. The molecule has 3 heterocycles. The third-order valence-electron chi connectivity index (χ3n) is 15.7. The summed E-state index contributed by atoms with van der Waals surface area (Å²) in [6.07, 6.45) is 29.2. The monoisotopic (exact) mass is 1140 g/mol. The van der Waals surface area contributed by atoms with Gasteiger partial charge in [0.05, 0.1) is 25.7 Å². The summed E-state index contributed by atoms with van der Waals surface area (Å²) in [5.41, 5.74) is -0.692. The molecule has 468 valence electrons. The maximum absolute atomic E-state index is 12.0. The highest BCUT2D eigenvalue weighted by Gasteiger charge is 2.42. The van der Waals surface area contributed by atoms with Crippen LogP contribution in [0.4, 0.5) is 0 Å². The molecule has 3 aliphatic heterocycles. The Morgan fingerprint density at radius 1 is 0.388 bits per heavy atom. The van der Waals surface area contributed by atoms with Crippen LogP contribution in [0.5, 0.6) is 0 Å². The minimum Gasteiger partial charge on any atom is -0.481 e.